The van der Waals surface area contributed by atoms with E-state index in [2.05, 4.69) is 5.32 Å². The number of carbonyl (C=O) groups is 3. The Morgan fingerprint density at radius 2 is 1.89 bits per heavy atom. The lowest BCUT2D eigenvalue weighted by Crippen LogP contribution is -2.36. The van der Waals surface area contributed by atoms with E-state index in [1.54, 1.807) is 20.2 Å². The monoisotopic (exact) mass is 282 g/mol. The normalized spacial score (nSPS) is 10.1. The van der Waals surface area contributed by atoms with Crippen molar-refractivity contribution in [3.8, 4) is 0 Å². The van der Waals surface area contributed by atoms with Crippen LogP contribution in [0.5, 0.6) is 0 Å². The maximum atomic E-state index is 11.8. The molecule has 0 aliphatic rings. The Labute approximate surface area is 116 Å². The van der Waals surface area contributed by atoms with Gasteiger partial charge in [-0.05, 0) is 19.1 Å². The Hall–Kier alpha value is -1.69. The zero-order valence-corrected chi connectivity index (χ0v) is 12.2. The fourth-order valence-electron chi connectivity index (χ4n) is 1.36. The number of ketones is 1. The van der Waals surface area contributed by atoms with E-state index in [9.17, 15) is 14.4 Å². The lowest BCUT2D eigenvalue weighted by Gasteiger charge is -2.10. The van der Waals surface area contributed by atoms with E-state index in [0.29, 0.717) is 4.88 Å². The number of hydrogen-bond acceptors (Lipinski definition) is 4. The Balaban J connectivity index is 2.30. The van der Waals surface area contributed by atoms with Crippen LogP contribution in [0.2, 0.25) is 0 Å². The first-order valence-electron chi connectivity index (χ1n) is 5.96. The molecule has 19 heavy (non-hydrogen) atoms. The molecule has 0 saturated heterocycles. The summed E-state index contributed by atoms with van der Waals surface area (Å²) in [5.74, 6) is -0.488. The Morgan fingerprint density at radius 1 is 1.21 bits per heavy atom. The second-order valence-corrected chi connectivity index (χ2v) is 5.69. The van der Waals surface area contributed by atoms with Crippen molar-refractivity contribution in [2.75, 3.05) is 20.6 Å². The first-order valence-corrected chi connectivity index (χ1v) is 6.78. The molecule has 2 amide bonds. The van der Waals surface area contributed by atoms with Crippen LogP contribution in [0, 0.1) is 6.92 Å². The molecule has 0 fully saturated rings. The van der Waals surface area contributed by atoms with Crippen molar-refractivity contribution in [2.45, 2.75) is 19.8 Å². The summed E-state index contributed by atoms with van der Waals surface area (Å²) in [5.41, 5.74) is 0. The Morgan fingerprint density at radius 3 is 2.42 bits per heavy atom. The van der Waals surface area contributed by atoms with Crippen LogP contribution in [-0.4, -0.2) is 43.1 Å². The van der Waals surface area contributed by atoms with E-state index in [4.69, 9.17) is 0 Å². The van der Waals surface area contributed by atoms with Gasteiger partial charge in [0.2, 0.25) is 11.8 Å². The second kappa shape index (κ2) is 7.04. The summed E-state index contributed by atoms with van der Waals surface area (Å²) < 4.78 is 0. The van der Waals surface area contributed by atoms with Crippen molar-refractivity contribution in [3.63, 3.8) is 0 Å². The molecule has 0 aliphatic carbocycles. The average Bonchev–Trinajstić information content (AvgIpc) is 2.79. The fraction of sp³-hybridized carbons (Fsp3) is 0.462. The largest absolute Gasteiger partial charge is 0.347 e. The van der Waals surface area contributed by atoms with Crippen LogP contribution in [0.1, 0.15) is 27.4 Å². The van der Waals surface area contributed by atoms with E-state index in [1.807, 2.05) is 13.0 Å². The minimum atomic E-state index is -0.281. The first kappa shape index (κ1) is 15.4. The molecule has 0 bridgehead atoms. The van der Waals surface area contributed by atoms with E-state index in [1.165, 1.54) is 16.2 Å². The summed E-state index contributed by atoms with van der Waals surface area (Å²) in [5, 5.41) is 2.50. The molecule has 6 heteroatoms. The molecule has 0 unspecified atom stereocenters. The third-order valence-electron chi connectivity index (χ3n) is 2.53. The summed E-state index contributed by atoms with van der Waals surface area (Å²) in [6, 6.07) is 3.66. The quantitative estimate of drug-likeness (QED) is 0.798. The highest BCUT2D eigenvalue weighted by Crippen LogP contribution is 2.17. The molecule has 1 N–H and O–H groups in total. The van der Waals surface area contributed by atoms with Gasteiger partial charge in [0.15, 0.2) is 5.78 Å². The molecule has 0 spiro atoms. The van der Waals surface area contributed by atoms with E-state index >= 15 is 0 Å². The topological polar surface area (TPSA) is 66.5 Å². The highest BCUT2D eigenvalue weighted by molar-refractivity contribution is 7.14. The van der Waals surface area contributed by atoms with Gasteiger partial charge in [0.25, 0.3) is 0 Å². The minimum Gasteiger partial charge on any atom is -0.347 e. The molecular formula is C13H18N2O3S. The SMILES string of the molecule is Cc1ccc(C(=O)CCC(=O)NCC(=O)N(C)C)s1. The number of nitrogens with one attached hydrogen (secondary N) is 1. The minimum absolute atomic E-state index is 0.0296. The van der Waals surface area contributed by atoms with Crippen molar-refractivity contribution in [3.05, 3.63) is 21.9 Å². The van der Waals surface area contributed by atoms with Crippen molar-refractivity contribution in [1.82, 2.24) is 10.2 Å². The summed E-state index contributed by atoms with van der Waals surface area (Å²) in [6.45, 7) is 1.90. The van der Waals surface area contributed by atoms with E-state index in [-0.39, 0.29) is 37.0 Å². The third-order valence-corrected chi connectivity index (χ3v) is 3.57. The van der Waals surface area contributed by atoms with Gasteiger partial charge in [0, 0.05) is 31.8 Å². The fourth-order valence-corrected chi connectivity index (χ4v) is 2.19. The van der Waals surface area contributed by atoms with Crippen LogP contribution in [-0.2, 0) is 9.59 Å². The first-order chi connectivity index (χ1) is 8.90. The van der Waals surface area contributed by atoms with Gasteiger partial charge in [-0.1, -0.05) is 0 Å². The molecule has 1 aromatic rings. The average molecular weight is 282 g/mol. The van der Waals surface area contributed by atoms with E-state index < -0.39 is 0 Å². The van der Waals surface area contributed by atoms with Gasteiger partial charge in [0.1, 0.15) is 0 Å². The molecular weight excluding hydrogens is 264 g/mol. The summed E-state index contributed by atoms with van der Waals surface area (Å²) in [6.07, 6.45) is 0.276. The molecule has 5 nitrogen and oxygen atoms in total. The van der Waals surface area contributed by atoms with Crippen molar-refractivity contribution in [1.29, 1.82) is 0 Å². The van der Waals surface area contributed by atoms with Crippen molar-refractivity contribution < 1.29 is 14.4 Å². The maximum Gasteiger partial charge on any atom is 0.241 e. The van der Waals surface area contributed by atoms with Gasteiger partial charge in [-0.2, -0.15) is 0 Å². The molecule has 1 aromatic heterocycles. The zero-order valence-electron chi connectivity index (χ0n) is 11.4. The zero-order chi connectivity index (χ0) is 14.4. The maximum absolute atomic E-state index is 11.8. The molecule has 1 rings (SSSR count). The molecule has 0 aliphatic heterocycles. The number of rotatable bonds is 6. The van der Waals surface area contributed by atoms with Crippen molar-refractivity contribution in [2.24, 2.45) is 0 Å². The van der Waals surface area contributed by atoms with Gasteiger partial charge < -0.3 is 10.2 Å². The Kier molecular flexibility index (Phi) is 5.69. The predicted molar refractivity (Wildman–Crippen MR) is 74.3 cm³/mol. The number of nitrogens with zero attached hydrogens (tertiary/aromatic N) is 1. The molecule has 0 saturated carbocycles. The lowest BCUT2D eigenvalue weighted by molar-refractivity contribution is -0.130. The van der Waals surface area contributed by atoms with Crippen LogP contribution in [0.4, 0.5) is 0 Å². The summed E-state index contributed by atoms with van der Waals surface area (Å²) in [4.78, 5) is 37.7. The second-order valence-electron chi connectivity index (χ2n) is 4.40. The number of Topliss-reactive ketones (excluding diaryl/α,β-unsaturated/α-hetero) is 1. The molecule has 1 heterocycles. The molecule has 0 radical (unpaired) electrons. The van der Waals surface area contributed by atoms with Crippen LogP contribution in [0.3, 0.4) is 0 Å². The summed E-state index contributed by atoms with van der Waals surface area (Å²) in [7, 11) is 3.24. The van der Waals surface area contributed by atoms with Gasteiger partial charge in [-0.3, -0.25) is 14.4 Å². The van der Waals surface area contributed by atoms with Gasteiger partial charge in [-0.15, -0.1) is 11.3 Å². The van der Waals surface area contributed by atoms with Crippen LogP contribution in [0.25, 0.3) is 0 Å². The number of hydrogen-bond donors (Lipinski definition) is 1. The van der Waals surface area contributed by atoms with Gasteiger partial charge in [-0.25, -0.2) is 0 Å². The highest BCUT2D eigenvalue weighted by atomic mass is 32.1. The predicted octanol–water partition coefficient (Wildman–Crippen LogP) is 1.22. The number of amides is 2. The molecule has 104 valence electrons. The third kappa shape index (κ3) is 5.21. The number of carbonyl (C=O) groups excluding carboxylic acids is 3. The van der Waals surface area contributed by atoms with E-state index in [0.717, 1.165) is 4.88 Å². The van der Waals surface area contributed by atoms with Gasteiger partial charge >= 0.3 is 0 Å². The molecule has 0 aromatic carbocycles. The van der Waals surface area contributed by atoms with Crippen LogP contribution < -0.4 is 5.32 Å². The number of thiophene rings is 1. The summed E-state index contributed by atoms with van der Waals surface area (Å²) >= 11 is 1.43. The van der Waals surface area contributed by atoms with Crippen molar-refractivity contribution >= 4 is 28.9 Å². The lowest BCUT2D eigenvalue weighted by atomic mass is 10.2. The standard InChI is InChI=1S/C13H18N2O3S/c1-9-4-6-11(19-9)10(16)5-7-12(17)14-8-13(18)15(2)3/h4,6H,5,7-8H2,1-3H3,(H,14,17). The van der Waals surface area contributed by atoms with Crippen LogP contribution in [0.15, 0.2) is 12.1 Å². The highest BCUT2D eigenvalue weighted by Gasteiger charge is 2.12. The van der Waals surface area contributed by atoms with Crippen LogP contribution >= 0.6 is 11.3 Å². The molecule has 0 atom stereocenters. The number of likely N-dealkylation sites (N-methyl/N-ethyl adjacent to an activating group) is 1. The Bertz CT molecular complexity index is 480. The number of aryl methyl sites for hydroxylation is 1. The van der Waals surface area contributed by atoms with Gasteiger partial charge in [0.05, 0.1) is 11.4 Å². The smallest absolute Gasteiger partial charge is 0.241 e.